The van der Waals surface area contributed by atoms with Gasteiger partial charge in [0, 0.05) is 19.6 Å². The molecule has 0 aromatic carbocycles. The Hall–Kier alpha value is -1.40. The van der Waals surface area contributed by atoms with Gasteiger partial charge in [0.05, 0.1) is 39.9 Å². The average Bonchev–Trinajstić information content (AvgIpc) is 2.45. The summed E-state index contributed by atoms with van der Waals surface area (Å²) in [5.74, 6) is -0.938. The van der Waals surface area contributed by atoms with Crippen LogP contribution in [0, 0.1) is 0 Å². The minimum absolute atomic E-state index is 0.420. The number of hydrogen-bond acceptors (Lipinski definition) is 5. The van der Waals surface area contributed by atoms with Crippen LogP contribution in [0.2, 0.25) is 0 Å². The predicted molar refractivity (Wildman–Crippen MR) is 63.4 cm³/mol. The zero-order chi connectivity index (χ0) is 13.2. The molecule has 18 heavy (non-hydrogen) atoms. The molecular formula is C12H19N2O4+. The number of carbonyl (C=O) groups is 2. The molecule has 0 aromatic rings. The molecule has 6 nitrogen and oxygen atoms in total. The number of rotatable bonds is 3. The monoisotopic (exact) mass is 255 g/mol. The highest BCUT2D eigenvalue weighted by Gasteiger charge is 2.45. The summed E-state index contributed by atoms with van der Waals surface area (Å²) in [6, 6.07) is 0. The van der Waals surface area contributed by atoms with Gasteiger partial charge in [0.2, 0.25) is 5.70 Å². The first-order valence-corrected chi connectivity index (χ1v) is 6.08. The topological polar surface area (TPSA) is 55.8 Å². The number of quaternary nitrogens is 1. The summed E-state index contributed by atoms with van der Waals surface area (Å²) in [5, 5.41) is 0. The lowest BCUT2D eigenvalue weighted by Gasteiger charge is -2.49. The summed E-state index contributed by atoms with van der Waals surface area (Å²) < 4.78 is 9.98. The third-order valence-electron chi connectivity index (χ3n) is 3.89. The Bertz CT molecular complexity index is 370. The van der Waals surface area contributed by atoms with Crippen molar-refractivity contribution < 1.29 is 23.5 Å². The van der Waals surface area contributed by atoms with Crippen LogP contribution in [0.3, 0.4) is 0 Å². The van der Waals surface area contributed by atoms with Crippen molar-refractivity contribution in [3.63, 3.8) is 0 Å². The first-order chi connectivity index (χ1) is 8.61. The SMILES string of the molecule is COC(=O)/C=C(\C(=O)OC)[N+]12CCN(CC1)CC2. The fourth-order valence-corrected chi connectivity index (χ4v) is 2.70. The molecule has 0 aromatic heterocycles. The van der Waals surface area contributed by atoms with E-state index in [9.17, 15) is 9.59 Å². The van der Waals surface area contributed by atoms with Crippen LogP contribution in [-0.2, 0) is 19.1 Å². The van der Waals surface area contributed by atoms with E-state index in [4.69, 9.17) is 4.74 Å². The number of carbonyl (C=O) groups excluding carboxylic acids is 2. The number of methoxy groups -OCH3 is 2. The summed E-state index contributed by atoms with van der Waals surface area (Å²) in [6.45, 7) is 5.40. The third-order valence-corrected chi connectivity index (χ3v) is 3.89. The zero-order valence-corrected chi connectivity index (χ0v) is 10.8. The van der Waals surface area contributed by atoms with Gasteiger partial charge in [0.1, 0.15) is 0 Å². The van der Waals surface area contributed by atoms with Crippen molar-refractivity contribution in [2.75, 3.05) is 53.5 Å². The van der Waals surface area contributed by atoms with Crippen molar-refractivity contribution in [2.45, 2.75) is 0 Å². The van der Waals surface area contributed by atoms with Gasteiger partial charge >= 0.3 is 11.9 Å². The second-order valence-electron chi connectivity index (χ2n) is 4.70. The largest absolute Gasteiger partial charge is 0.466 e. The van der Waals surface area contributed by atoms with Crippen LogP contribution in [0.1, 0.15) is 0 Å². The van der Waals surface area contributed by atoms with Crippen LogP contribution in [0.25, 0.3) is 0 Å². The highest BCUT2D eigenvalue weighted by Crippen LogP contribution is 2.27. The number of piperazine rings is 3. The third kappa shape index (κ3) is 2.26. The van der Waals surface area contributed by atoms with Crippen LogP contribution in [-0.4, -0.2) is 74.8 Å². The van der Waals surface area contributed by atoms with Crippen LogP contribution in [0.5, 0.6) is 0 Å². The molecule has 3 saturated heterocycles. The van der Waals surface area contributed by atoms with Crippen molar-refractivity contribution in [2.24, 2.45) is 0 Å². The lowest BCUT2D eigenvalue weighted by molar-refractivity contribution is -0.902. The van der Waals surface area contributed by atoms with Crippen molar-refractivity contribution >= 4 is 11.9 Å². The summed E-state index contributed by atoms with van der Waals surface area (Å²) in [4.78, 5) is 25.7. The van der Waals surface area contributed by atoms with Crippen molar-refractivity contribution in [3.8, 4) is 0 Å². The fraction of sp³-hybridized carbons (Fsp3) is 0.667. The van der Waals surface area contributed by atoms with E-state index < -0.39 is 11.9 Å². The van der Waals surface area contributed by atoms with Crippen molar-refractivity contribution in [1.82, 2.24) is 4.90 Å². The molecule has 0 unspecified atom stereocenters. The minimum Gasteiger partial charge on any atom is -0.466 e. The van der Waals surface area contributed by atoms with Gasteiger partial charge in [-0.1, -0.05) is 0 Å². The summed E-state index contributed by atoms with van der Waals surface area (Å²) in [5.41, 5.74) is 0.420. The second kappa shape index (κ2) is 5.07. The molecular weight excluding hydrogens is 236 g/mol. The predicted octanol–water partition coefficient (Wildman–Crippen LogP) is -0.638. The van der Waals surface area contributed by atoms with Gasteiger partial charge in [-0.05, 0) is 0 Å². The van der Waals surface area contributed by atoms with E-state index >= 15 is 0 Å². The summed E-state index contributed by atoms with van der Waals surface area (Å²) in [7, 11) is 2.65. The van der Waals surface area contributed by atoms with Crippen LogP contribution in [0.4, 0.5) is 0 Å². The Balaban J connectivity index is 2.30. The maximum atomic E-state index is 11.9. The van der Waals surface area contributed by atoms with E-state index in [0.29, 0.717) is 10.2 Å². The average molecular weight is 255 g/mol. The molecule has 0 aliphatic carbocycles. The molecule has 0 N–H and O–H groups in total. The molecule has 100 valence electrons. The van der Waals surface area contributed by atoms with E-state index in [-0.39, 0.29) is 0 Å². The van der Waals surface area contributed by atoms with Gasteiger partial charge in [-0.25, -0.2) is 9.59 Å². The smallest absolute Gasteiger partial charge is 0.392 e. The van der Waals surface area contributed by atoms with E-state index in [1.54, 1.807) is 0 Å². The number of fused-ring (bicyclic) bond motifs is 3. The van der Waals surface area contributed by atoms with Crippen LogP contribution >= 0.6 is 0 Å². The second-order valence-corrected chi connectivity index (χ2v) is 4.70. The van der Waals surface area contributed by atoms with Gasteiger partial charge in [-0.3, -0.25) is 9.38 Å². The molecule has 3 aliphatic heterocycles. The first kappa shape index (κ1) is 13.0. The van der Waals surface area contributed by atoms with Crippen LogP contribution in [0.15, 0.2) is 11.8 Å². The molecule has 2 bridgehead atoms. The quantitative estimate of drug-likeness (QED) is 0.381. The zero-order valence-electron chi connectivity index (χ0n) is 10.8. The molecule has 3 aliphatic rings. The lowest BCUT2D eigenvalue weighted by Crippen LogP contribution is -2.67. The summed E-state index contributed by atoms with van der Waals surface area (Å²) in [6.07, 6.45) is 1.28. The van der Waals surface area contributed by atoms with Crippen molar-refractivity contribution in [3.05, 3.63) is 11.8 Å². The maximum Gasteiger partial charge on any atom is 0.392 e. The number of esters is 2. The fourth-order valence-electron chi connectivity index (χ4n) is 2.70. The summed E-state index contributed by atoms with van der Waals surface area (Å²) >= 11 is 0. The van der Waals surface area contributed by atoms with Gasteiger partial charge in [-0.15, -0.1) is 0 Å². The Morgan fingerprint density at radius 2 is 1.61 bits per heavy atom. The molecule has 0 saturated carbocycles. The molecule has 3 heterocycles. The van der Waals surface area contributed by atoms with E-state index in [1.807, 2.05) is 0 Å². The minimum atomic E-state index is -0.504. The Morgan fingerprint density at radius 1 is 1.06 bits per heavy atom. The van der Waals surface area contributed by atoms with Crippen molar-refractivity contribution in [1.29, 1.82) is 0 Å². The lowest BCUT2D eigenvalue weighted by atomic mass is 10.1. The number of ether oxygens (including phenoxy) is 2. The standard InChI is InChI=1S/C12H19N2O4/c1-17-11(15)9-10(12(16)18-2)14-6-3-13(4-7-14)5-8-14/h9H,3-8H2,1-2H3/q+1/b10-9+. The van der Waals surface area contributed by atoms with Crippen LogP contribution < -0.4 is 0 Å². The van der Waals surface area contributed by atoms with Gasteiger partial charge in [0.15, 0.2) is 0 Å². The Kier molecular flexibility index (Phi) is 3.68. The van der Waals surface area contributed by atoms with E-state index in [2.05, 4.69) is 9.64 Å². The molecule has 0 amide bonds. The van der Waals surface area contributed by atoms with E-state index in [1.165, 1.54) is 20.3 Å². The Morgan fingerprint density at radius 3 is 2.06 bits per heavy atom. The Labute approximate surface area is 106 Å². The van der Waals surface area contributed by atoms with Gasteiger partial charge < -0.3 is 9.47 Å². The molecule has 0 atom stereocenters. The normalized spacial score (nSPS) is 31.0. The molecule has 3 fully saturated rings. The molecule has 6 heteroatoms. The van der Waals surface area contributed by atoms with E-state index in [0.717, 1.165) is 39.3 Å². The molecule has 0 radical (unpaired) electrons. The number of hydrogen-bond donors (Lipinski definition) is 0. The highest BCUT2D eigenvalue weighted by molar-refractivity contribution is 5.94. The van der Waals surface area contributed by atoms with Gasteiger partial charge in [-0.2, -0.15) is 0 Å². The maximum absolute atomic E-state index is 11.9. The van der Waals surface area contributed by atoms with Gasteiger partial charge in [0.25, 0.3) is 0 Å². The first-order valence-electron chi connectivity index (χ1n) is 6.08. The highest BCUT2D eigenvalue weighted by atomic mass is 16.5. The molecule has 3 rings (SSSR count). The molecule has 0 spiro atoms. The number of nitrogens with zero attached hydrogens (tertiary/aromatic N) is 2.